The SMILES string of the molecule is CCC(C)(C)n1c(C(C)Cl)nc2cc(C)ccc21. The zero-order valence-corrected chi connectivity index (χ0v) is 12.5. The molecule has 0 bridgehead atoms. The Labute approximate surface area is 114 Å². The molecule has 1 heterocycles. The first-order valence-electron chi connectivity index (χ1n) is 6.50. The van der Waals surface area contributed by atoms with Crippen LogP contribution in [-0.4, -0.2) is 9.55 Å². The molecular weight excluding hydrogens is 244 g/mol. The molecule has 1 aromatic heterocycles. The summed E-state index contributed by atoms with van der Waals surface area (Å²) in [5.41, 5.74) is 3.48. The molecular formula is C15H21ClN2. The third-order valence-corrected chi connectivity index (χ3v) is 3.86. The van der Waals surface area contributed by atoms with Gasteiger partial charge in [-0.3, -0.25) is 0 Å². The fourth-order valence-corrected chi connectivity index (χ4v) is 2.42. The third-order valence-electron chi connectivity index (χ3n) is 3.66. The van der Waals surface area contributed by atoms with E-state index in [2.05, 4.69) is 50.5 Å². The molecule has 1 unspecified atom stereocenters. The highest BCUT2D eigenvalue weighted by Gasteiger charge is 2.26. The molecule has 0 aliphatic rings. The molecule has 1 aromatic carbocycles. The van der Waals surface area contributed by atoms with E-state index in [-0.39, 0.29) is 10.9 Å². The van der Waals surface area contributed by atoms with Crippen LogP contribution in [0.3, 0.4) is 0 Å². The highest BCUT2D eigenvalue weighted by atomic mass is 35.5. The molecule has 98 valence electrons. The van der Waals surface area contributed by atoms with Crippen LogP contribution in [0.25, 0.3) is 11.0 Å². The maximum absolute atomic E-state index is 6.30. The molecule has 0 saturated carbocycles. The minimum absolute atomic E-state index is 0.0302. The Hall–Kier alpha value is -1.02. The second-order valence-electron chi connectivity index (χ2n) is 5.58. The van der Waals surface area contributed by atoms with Crippen LogP contribution in [0, 0.1) is 6.92 Å². The van der Waals surface area contributed by atoms with Gasteiger partial charge in [-0.05, 0) is 51.8 Å². The van der Waals surface area contributed by atoms with Crippen molar-refractivity contribution in [2.75, 3.05) is 0 Å². The van der Waals surface area contributed by atoms with E-state index >= 15 is 0 Å². The van der Waals surface area contributed by atoms with Gasteiger partial charge in [0.25, 0.3) is 0 Å². The molecule has 2 nitrogen and oxygen atoms in total. The Morgan fingerprint density at radius 1 is 1.39 bits per heavy atom. The average Bonchev–Trinajstić information content (AvgIpc) is 2.68. The summed E-state index contributed by atoms with van der Waals surface area (Å²) in [5.74, 6) is 0.962. The first-order valence-corrected chi connectivity index (χ1v) is 6.94. The van der Waals surface area contributed by atoms with E-state index in [9.17, 15) is 0 Å². The van der Waals surface area contributed by atoms with Crippen molar-refractivity contribution in [3.05, 3.63) is 29.6 Å². The first kappa shape index (κ1) is 13.4. The molecule has 2 aromatic rings. The number of halogens is 1. The molecule has 0 aliphatic carbocycles. The second-order valence-corrected chi connectivity index (χ2v) is 6.23. The summed E-state index contributed by atoms with van der Waals surface area (Å²) in [6.45, 7) is 10.7. The lowest BCUT2D eigenvalue weighted by atomic mass is 10.0. The standard InChI is InChI=1S/C15H21ClN2/c1-6-15(4,5)18-13-8-7-10(2)9-12(13)17-14(18)11(3)16/h7-9,11H,6H2,1-5H3. The third kappa shape index (κ3) is 2.14. The van der Waals surface area contributed by atoms with Gasteiger partial charge in [0.1, 0.15) is 5.82 Å². The van der Waals surface area contributed by atoms with Crippen LogP contribution in [0.5, 0.6) is 0 Å². The summed E-state index contributed by atoms with van der Waals surface area (Å²) in [7, 11) is 0. The maximum Gasteiger partial charge on any atom is 0.128 e. The number of hydrogen-bond acceptors (Lipinski definition) is 1. The molecule has 0 spiro atoms. The zero-order valence-electron chi connectivity index (χ0n) is 11.8. The van der Waals surface area contributed by atoms with Crippen molar-refractivity contribution in [2.45, 2.75) is 52.0 Å². The van der Waals surface area contributed by atoms with Gasteiger partial charge >= 0.3 is 0 Å². The lowest BCUT2D eigenvalue weighted by Crippen LogP contribution is -2.27. The monoisotopic (exact) mass is 264 g/mol. The number of nitrogens with zero attached hydrogens (tertiary/aromatic N) is 2. The van der Waals surface area contributed by atoms with Gasteiger partial charge in [0.05, 0.1) is 16.4 Å². The fraction of sp³-hybridized carbons (Fsp3) is 0.533. The number of rotatable bonds is 3. The van der Waals surface area contributed by atoms with E-state index in [0.717, 1.165) is 17.8 Å². The van der Waals surface area contributed by atoms with Crippen LogP contribution in [0.2, 0.25) is 0 Å². The Bertz CT molecular complexity index is 567. The molecule has 0 saturated heterocycles. The van der Waals surface area contributed by atoms with E-state index in [1.54, 1.807) is 0 Å². The molecule has 1 atom stereocenters. The van der Waals surface area contributed by atoms with E-state index in [1.807, 2.05) is 6.92 Å². The van der Waals surface area contributed by atoms with E-state index in [4.69, 9.17) is 16.6 Å². The lowest BCUT2D eigenvalue weighted by Gasteiger charge is -2.28. The molecule has 0 fully saturated rings. The number of imidazole rings is 1. The lowest BCUT2D eigenvalue weighted by molar-refractivity contribution is 0.341. The molecule has 0 radical (unpaired) electrons. The van der Waals surface area contributed by atoms with Crippen molar-refractivity contribution in [3.63, 3.8) is 0 Å². The predicted molar refractivity (Wildman–Crippen MR) is 78.4 cm³/mol. The van der Waals surface area contributed by atoms with Crippen molar-refractivity contribution in [3.8, 4) is 0 Å². The van der Waals surface area contributed by atoms with Crippen LogP contribution >= 0.6 is 11.6 Å². The van der Waals surface area contributed by atoms with Crippen molar-refractivity contribution < 1.29 is 0 Å². The summed E-state index contributed by atoms with van der Waals surface area (Å²) in [4.78, 5) is 4.72. The minimum atomic E-state index is -0.0801. The molecule has 3 heteroatoms. The summed E-state index contributed by atoms with van der Waals surface area (Å²) in [5, 5.41) is -0.0801. The number of alkyl halides is 1. The summed E-state index contributed by atoms with van der Waals surface area (Å²) in [6.07, 6.45) is 1.04. The Kier molecular flexibility index (Phi) is 3.41. The fourth-order valence-electron chi connectivity index (χ4n) is 2.27. The minimum Gasteiger partial charge on any atom is -0.321 e. The zero-order chi connectivity index (χ0) is 13.5. The van der Waals surface area contributed by atoms with Crippen LogP contribution in [0.1, 0.15) is 50.9 Å². The summed E-state index contributed by atoms with van der Waals surface area (Å²) < 4.78 is 2.29. The Balaban J connectivity index is 2.79. The van der Waals surface area contributed by atoms with Crippen LogP contribution in [-0.2, 0) is 5.54 Å². The van der Waals surface area contributed by atoms with Gasteiger partial charge in [0, 0.05) is 5.54 Å². The highest BCUT2D eigenvalue weighted by molar-refractivity contribution is 6.20. The van der Waals surface area contributed by atoms with Gasteiger partial charge in [0.2, 0.25) is 0 Å². The van der Waals surface area contributed by atoms with Gasteiger partial charge in [-0.2, -0.15) is 0 Å². The van der Waals surface area contributed by atoms with Crippen molar-refractivity contribution >= 4 is 22.6 Å². The van der Waals surface area contributed by atoms with Crippen LogP contribution < -0.4 is 0 Å². The maximum atomic E-state index is 6.30. The molecule has 0 aliphatic heterocycles. The van der Waals surface area contributed by atoms with Crippen molar-refractivity contribution in [2.24, 2.45) is 0 Å². The number of hydrogen-bond donors (Lipinski definition) is 0. The van der Waals surface area contributed by atoms with Crippen LogP contribution in [0.4, 0.5) is 0 Å². The largest absolute Gasteiger partial charge is 0.321 e. The topological polar surface area (TPSA) is 17.8 Å². The van der Waals surface area contributed by atoms with Gasteiger partial charge < -0.3 is 4.57 Å². The number of aryl methyl sites for hydroxylation is 1. The summed E-state index contributed by atoms with van der Waals surface area (Å²) >= 11 is 6.30. The van der Waals surface area contributed by atoms with E-state index in [0.29, 0.717) is 0 Å². The first-order chi connectivity index (χ1) is 8.36. The second kappa shape index (κ2) is 4.58. The molecule has 18 heavy (non-hydrogen) atoms. The average molecular weight is 265 g/mol. The summed E-state index contributed by atoms with van der Waals surface area (Å²) in [6, 6.07) is 6.41. The number of fused-ring (bicyclic) bond motifs is 1. The van der Waals surface area contributed by atoms with E-state index in [1.165, 1.54) is 11.1 Å². The quantitative estimate of drug-likeness (QED) is 0.729. The van der Waals surface area contributed by atoms with Crippen molar-refractivity contribution in [1.29, 1.82) is 0 Å². The van der Waals surface area contributed by atoms with Gasteiger partial charge in [-0.1, -0.05) is 13.0 Å². The predicted octanol–water partition coefficient (Wildman–Crippen LogP) is 4.79. The van der Waals surface area contributed by atoms with Crippen molar-refractivity contribution in [1.82, 2.24) is 9.55 Å². The van der Waals surface area contributed by atoms with Gasteiger partial charge in [0.15, 0.2) is 0 Å². The van der Waals surface area contributed by atoms with Gasteiger partial charge in [-0.25, -0.2) is 4.98 Å². The van der Waals surface area contributed by atoms with E-state index < -0.39 is 0 Å². The Morgan fingerprint density at radius 2 is 2.06 bits per heavy atom. The highest BCUT2D eigenvalue weighted by Crippen LogP contribution is 2.32. The van der Waals surface area contributed by atoms with Gasteiger partial charge in [-0.15, -0.1) is 11.6 Å². The molecule has 0 amide bonds. The molecule has 0 N–H and O–H groups in total. The normalized spacial score (nSPS) is 14.1. The van der Waals surface area contributed by atoms with Crippen LogP contribution in [0.15, 0.2) is 18.2 Å². The molecule has 2 rings (SSSR count). The Morgan fingerprint density at radius 3 is 2.61 bits per heavy atom. The smallest absolute Gasteiger partial charge is 0.128 e. The number of aromatic nitrogens is 2. The number of benzene rings is 1.